The number of nitrogens with zero attached hydrogens (tertiary/aromatic N) is 3. The van der Waals surface area contributed by atoms with Gasteiger partial charge >= 0.3 is 0 Å². The first kappa shape index (κ1) is 20.2. The summed E-state index contributed by atoms with van der Waals surface area (Å²) in [6.07, 6.45) is 4.27. The lowest BCUT2D eigenvalue weighted by Gasteiger charge is -2.07. The van der Waals surface area contributed by atoms with Gasteiger partial charge in [-0.05, 0) is 66.6 Å². The Morgan fingerprint density at radius 3 is 2.55 bits per heavy atom. The minimum atomic E-state index is -0.122. The third-order valence-corrected chi connectivity index (χ3v) is 4.92. The number of carbonyl (C=O) groups is 1. The number of hydrogen-bond acceptors (Lipinski definition) is 5. The first-order chi connectivity index (χ1) is 15.1. The van der Waals surface area contributed by atoms with Crippen molar-refractivity contribution >= 4 is 11.7 Å². The highest BCUT2D eigenvalue weighted by Crippen LogP contribution is 2.25. The van der Waals surface area contributed by atoms with Gasteiger partial charge in [0.15, 0.2) is 0 Å². The highest BCUT2D eigenvalue weighted by Gasteiger charge is 2.11. The molecular formula is C24H23N5O2. The molecule has 156 valence electrons. The van der Waals surface area contributed by atoms with E-state index in [-0.39, 0.29) is 5.91 Å². The van der Waals surface area contributed by atoms with Crippen molar-refractivity contribution in [3.8, 4) is 22.7 Å². The molecule has 4 rings (SSSR count). The highest BCUT2D eigenvalue weighted by molar-refractivity contribution is 5.94. The molecule has 0 aliphatic heterocycles. The molecule has 0 spiro atoms. The summed E-state index contributed by atoms with van der Waals surface area (Å²) in [5.74, 6) is 1.17. The number of aromatic nitrogens is 3. The molecule has 2 aromatic heterocycles. The number of nitrogen functional groups attached to an aromatic ring is 1. The molecule has 2 heterocycles. The van der Waals surface area contributed by atoms with Crippen LogP contribution < -0.4 is 15.8 Å². The van der Waals surface area contributed by atoms with Crippen LogP contribution in [-0.2, 0) is 6.42 Å². The molecule has 0 unspecified atom stereocenters. The number of methoxy groups -OCH3 is 1. The Balaban J connectivity index is 1.42. The van der Waals surface area contributed by atoms with Crippen LogP contribution in [0.5, 0.6) is 5.75 Å². The second-order valence-corrected chi connectivity index (χ2v) is 7.01. The lowest BCUT2D eigenvalue weighted by molar-refractivity contribution is 0.0954. The smallest absolute Gasteiger partial charge is 0.251 e. The number of amides is 1. The van der Waals surface area contributed by atoms with Crippen molar-refractivity contribution in [2.75, 3.05) is 19.4 Å². The molecule has 0 bridgehead atoms. The average molecular weight is 413 g/mol. The predicted molar refractivity (Wildman–Crippen MR) is 120 cm³/mol. The van der Waals surface area contributed by atoms with Gasteiger partial charge in [0.1, 0.15) is 11.6 Å². The minimum absolute atomic E-state index is 0.122. The van der Waals surface area contributed by atoms with Crippen LogP contribution in [0.25, 0.3) is 16.9 Å². The van der Waals surface area contributed by atoms with E-state index in [0.717, 1.165) is 34.7 Å². The van der Waals surface area contributed by atoms with Gasteiger partial charge in [-0.15, -0.1) is 0 Å². The van der Waals surface area contributed by atoms with E-state index >= 15 is 0 Å². The Bertz CT molecular complexity index is 1150. The molecule has 0 radical (unpaired) electrons. The quantitative estimate of drug-likeness (QED) is 0.484. The van der Waals surface area contributed by atoms with E-state index < -0.39 is 0 Å². The minimum Gasteiger partial charge on any atom is -0.497 e. The van der Waals surface area contributed by atoms with E-state index in [1.165, 1.54) is 0 Å². The number of ether oxygens (including phenoxy) is 1. The summed E-state index contributed by atoms with van der Waals surface area (Å²) in [4.78, 5) is 16.5. The summed E-state index contributed by atoms with van der Waals surface area (Å²) in [7, 11) is 1.63. The van der Waals surface area contributed by atoms with Gasteiger partial charge in [-0.1, -0.05) is 6.07 Å². The number of hydrogen-bond donors (Lipinski definition) is 2. The van der Waals surface area contributed by atoms with Gasteiger partial charge in [0.2, 0.25) is 0 Å². The molecular weight excluding hydrogens is 390 g/mol. The molecule has 2 aromatic carbocycles. The number of pyridine rings is 1. The number of benzene rings is 2. The summed E-state index contributed by atoms with van der Waals surface area (Å²) in [5.41, 5.74) is 10.3. The third kappa shape index (κ3) is 4.72. The largest absolute Gasteiger partial charge is 0.497 e. The van der Waals surface area contributed by atoms with E-state index in [9.17, 15) is 4.79 Å². The number of carbonyl (C=O) groups excluding carboxylic acids is 1. The van der Waals surface area contributed by atoms with Crippen molar-refractivity contribution in [2.24, 2.45) is 0 Å². The van der Waals surface area contributed by atoms with Crippen LogP contribution in [0.2, 0.25) is 0 Å². The van der Waals surface area contributed by atoms with Gasteiger partial charge in [0.25, 0.3) is 5.91 Å². The molecule has 4 aromatic rings. The zero-order valence-electron chi connectivity index (χ0n) is 17.2. The van der Waals surface area contributed by atoms with Crippen molar-refractivity contribution in [1.82, 2.24) is 20.1 Å². The molecule has 0 fully saturated rings. The van der Waals surface area contributed by atoms with E-state index in [0.29, 0.717) is 17.9 Å². The van der Waals surface area contributed by atoms with Crippen LogP contribution in [0.4, 0.5) is 5.82 Å². The standard InChI is InChI=1S/C24H23N5O2/c1-31-21-10-6-18(7-11-21)22-15-23(25)29(28-22)20-8-4-19(5-9-20)24(30)27-14-12-17-3-2-13-26-16-17/h2-11,13,15-16H,12,14,25H2,1H3,(H,27,30). The molecule has 7 nitrogen and oxygen atoms in total. The summed E-state index contributed by atoms with van der Waals surface area (Å²) >= 11 is 0. The molecule has 0 aliphatic rings. The molecule has 31 heavy (non-hydrogen) atoms. The highest BCUT2D eigenvalue weighted by atomic mass is 16.5. The van der Waals surface area contributed by atoms with Gasteiger partial charge in [-0.3, -0.25) is 9.78 Å². The van der Waals surface area contributed by atoms with Crippen LogP contribution in [0.1, 0.15) is 15.9 Å². The summed E-state index contributed by atoms with van der Waals surface area (Å²) in [5, 5.41) is 7.54. The van der Waals surface area contributed by atoms with E-state index in [4.69, 9.17) is 10.5 Å². The first-order valence-electron chi connectivity index (χ1n) is 9.91. The summed E-state index contributed by atoms with van der Waals surface area (Å²) in [6.45, 7) is 0.545. The van der Waals surface area contributed by atoms with Crippen LogP contribution in [-0.4, -0.2) is 34.3 Å². The van der Waals surface area contributed by atoms with Crippen molar-refractivity contribution in [1.29, 1.82) is 0 Å². The fraction of sp³-hybridized carbons (Fsp3) is 0.125. The molecule has 3 N–H and O–H groups in total. The summed E-state index contributed by atoms with van der Waals surface area (Å²) in [6, 6.07) is 20.5. The van der Waals surface area contributed by atoms with Crippen molar-refractivity contribution in [2.45, 2.75) is 6.42 Å². The third-order valence-electron chi connectivity index (χ3n) is 4.92. The molecule has 0 saturated carbocycles. The Kier molecular flexibility index (Phi) is 5.93. The summed E-state index contributed by atoms with van der Waals surface area (Å²) < 4.78 is 6.85. The first-order valence-corrected chi connectivity index (χ1v) is 9.91. The topological polar surface area (TPSA) is 95.1 Å². The Morgan fingerprint density at radius 2 is 1.87 bits per heavy atom. The maximum atomic E-state index is 12.4. The van der Waals surface area contributed by atoms with Crippen LogP contribution >= 0.6 is 0 Å². The van der Waals surface area contributed by atoms with Crippen LogP contribution in [0, 0.1) is 0 Å². The number of rotatable bonds is 7. The number of nitrogens with one attached hydrogen (secondary N) is 1. The van der Waals surface area contributed by atoms with Gasteiger partial charge < -0.3 is 15.8 Å². The average Bonchev–Trinajstić information content (AvgIpc) is 3.21. The molecule has 7 heteroatoms. The van der Waals surface area contributed by atoms with Gasteiger partial charge in [0, 0.05) is 36.1 Å². The second kappa shape index (κ2) is 9.13. The molecule has 0 saturated heterocycles. The van der Waals surface area contributed by atoms with Gasteiger partial charge in [0.05, 0.1) is 18.5 Å². The van der Waals surface area contributed by atoms with E-state index in [1.807, 2.05) is 54.6 Å². The Labute approximate surface area is 180 Å². The monoisotopic (exact) mass is 413 g/mol. The molecule has 0 atom stereocenters. The number of nitrogens with two attached hydrogens (primary N) is 1. The second-order valence-electron chi connectivity index (χ2n) is 7.01. The normalized spacial score (nSPS) is 10.6. The van der Waals surface area contributed by atoms with Crippen molar-refractivity contribution in [3.63, 3.8) is 0 Å². The van der Waals surface area contributed by atoms with Crippen LogP contribution in [0.3, 0.4) is 0 Å². The lowest BCUT2D eigenvalue weighted by Crippen LogP contribution is -2.25. The maximum absolute atomic E-state index is 12.4. The Hall–Kier alpha value is -4.13. The fourth-order valence-corrected chi connectivity index (χ4v) is 3.23. The Morgan fingerprint density at radius 1 is 1.10 bits per heavy atom. The fourth-order valence-electron chi connectivity index (χ4n) is 3.23. The zero-order valence-corrected chi connectivity index (χ0v) is 17.2. The van der Waals surface area contributed by atoms with E-state index in [2.05, 4.69) is 15.4 Å². The van der Waals surface area contributed by atoms with Gasteiger partial charge in [-0.25, -0.2) is 4.68 Å². The maximum Gasteiger partial charge on any atom is 0.251 e. The van der Waals surface area contributed by atoms with Crippen LogP contribution in [0.15, 0.2) is 79.1 Å². The van der Waals surface area contributed by atoms with E-state index in [1.54, 1.807) is 36.3 Å². The zero-order chi connectivity index (χ0) is 21.6. The number of anilines is 1. The van der Waals surface area contributed by atoms with Gasteiger partial charge in [-0.2, -0.15) is 5.10 Å². The predicted octanol–water partition coefficient (Wildman–Crippen LogP) is 3.50. The molecule has 0 aliphatic carbocycles. The lowest BCUT2D eigenvalue weighted by atomic mass is 10.1. The van der Waals surface area contributed by atoms with Crippen molar-refractivity contribution < 1.29 is 9.53 Å². The molecule has 1 amide bonds. The SMILES string of the molecule is COc1ccc(-c2cc(N)n(-c3ccc(C(=O)NCCc4cccnc4)cc3)n2)cc1. The van der Waals surface area contributed by atoms with Crippen molar-refractivity contribution in [3.05, 3.63) is 90.3 Å².